The van der Waals surface area contributed by atoms with E-state index in [9.17, 15) is 19.8 Å². The molecular weight excluding hydrogens is 450 g/mol. The average Bonchev–Trinajstić information content (AvgIpc) is 3.22. The summed E-state index contributed by atoms with van der Waals surface area (Å²) in [6.07, 6.45) is 8.22. The first-order valence-electron chi connectivity index (χ1n) is 11.9. The largest absolute Gasteiger partial charge is 0.457 e. The second-order valence-electron chi connectivity index (χ2n) is 10.1. The normalized spacial score (nSPS) is 30.4. The van der Waals surface area contributed by atoms with Crippen LogP contribution in [0, 0.1) is 17.3 Å². The van der Waals surface area contributed by atoms with Gasteiger partial charge in [0.1, 0.15) is 16.9 Å². The van der Waals surface area contributed by atoms with Crippen LogP contribution in [0.4, 0.5) is 0 Å². The van der Waals surface area contributed by atoms with Gasteiger partial charge < -0.3 is 14.9 Å². The molecule has 0 radical (unpaired) electrons. The number of carbonyl (C=O) groups is 2. The second-order valence-corrected chi connectivity index (χ2v) is 11.0. The maximum atomic E-state index is 13.1. The zero-order valence-corrected chi connectivity index (χ0v) is 22.0. The molecule has 1 aromatic rings. The minimum absolute atomic E-state index is 0.0392. The standard InChI is InChI=1S/C27H39NO5S/c1-17-8-7-9-18(2)12-20(4)26(32)27(5,6)23(30)14-25(31)33-22(11-10-17)19(3)13-21-16-34-24(15-29)28-21/h7-8,10,13,16,18,20,22-23,29-30H,9,11-12,14-15H2,1-6H3/b8-7+,17-10-,19-13+/t18-,20+,22-,23-/m0/s1. The number of allylic oxidation sites excluding steroid dienone is 3. The number of esters is 1. The summed E-state index contributed by atoms with van der Waals surface area (Å²) in [5, 5.41) is 22.5. The van der Waals surface area contributed by atoms with Gasteiger partial charge in [0.2, 0.25) is 0 Å². The van der Waals surface area contributed by atoms with Gasteiger partial charge in [-0.05, 0) is 44.3 Å². The zero-order chi connectivity index (χ0) is 25.5. The molecule has 1 aromatic heterocycles. The van der Waals surface area contributed by atoms with E-state index in [-0.39, 0.29) is 24.7 Å². The van der Waals surface area contributed by atoms with Crippen LogP contribution < -0.4 is 0 Å². The predicted octanol–water partition coefficient (Wildman–Crippen LogP) is 5.26. The van der Waals surface area contributed by atoms with Crippen molar-refractivity contribution in [3.8, 4) is 0 Å². The maximum absolute atomic E-state index is 13.1. The SMILES string of the molecule is CC1=C/C[C@@H](/C(C)=C/c2csc(CO)n2)OC(=O)C[C@H](O)C(C)(C)C(=O)[C@H](C)C[C@@H](C)C\C=C\1. The number of ether oxygens (including phenoxy) is 1. The number of nitrogens with zero attached hydrogens (tertiary/aromatic N) is 1. The summed E-state index contributed by atoms with van der Waals surface area (Å²) in [5.74, 6) is -0.472. The van der Waals surface area contributed by atoms with Gasteiger partial charge in [-0.2, -0.15) is 0 Å². The lowest BCUT2D eigenvalue weighted by atomic mass is 9.74. The third-order valence-electron chi connectivity index (χ3n) is 6.47. The van der Waals surface area contributed by atoms with Gasteiger partial charge in [-0.15, -0.1) is 11.3 Å². The first-order chi connectivity index (χ1) is 15.9. The highest BCUT2D eigenvalue weighted by atomic mass is 32.1. The van der Waals surface area contributed by atoms with Crippen LogP contribution in [-0.2, 0) is 20.9 Å². The molecule has 34 heavy (non-hydrogen) atoms. The maximum Gasteiger partial charge on any atom is 0.309 e. The molecule has 0 aliphatic carbocycles. The monoisotopic (exact) mass is 489 g/mol. The molecule has 188 valence electrons. The summed E-state index contributed by atoms with van der Waals surface area (Å²) in [4.78, 5) is 30.3. The number of hydrogen-bond donors (Lipinski definition) is 2. The van der Waals surface area contributed by atoms with Gasteiger partial charge in [0, 0.05) is 17.7 Å². The molecule has 0 bridgehead atoms. The van der Waals surface area contributed by atoms with Gasteiger partial charge >= 0.3 is 5.97 Å². The fourth-order valence-corrected chi connectivity index (χ4v) is 4.80. The molecular formula is C27H39NO5S. The lowest BCUT2D eigenvalue weighted by Gasteiger charge is -2.32. The molecule has 0 saturated carbocycles. The molecule has 4 atom stereocenters. The highest BCUT2D eigenvalue weighted by Gasteiger charge is 2.39. The van der Waals surface area contributed by atoms with Crippen molar-refractivity contribution >= 4 is 29.2 Å². The summed E-state index contributed by atoms with van der Waals surface area (Å²) >= 11 is 1.37. The molecule has 1 aliphatic heterocycles. The summed E-state index contributed by atoms with van der Waals surface area (Å²) in [5.41, 5.74) is 1.52. The highest BCUT2D eigenvalue weighted by Crippen LogP contribution is 2.31. The molecule has 6 nitrogen and oxygen atoms in total. The van der Waals surface area contributed by atoms with Crippen LogP contribution in [0.2, 0.25) is 0 Å². The number of ketones is 1. The molecule has 2 rings (SSSR count). The smallest absolute Gasteiger partial charge is 0.309 e. The van der Waals surface area contributed by atoms with Crippen molar-refractivity contribution < 1.29 is 24.5 Å². The summed E-state index contributed by atoms with van der Waals surface area (Å²) in [6.45, 7) is 11.2. The third kappa shape index (κ3) is 8.00. The summed E-state index contributed by atoms with van der Waals surface area (Å²) in [7, 11) is 0. The minimum atomic E-state index is -1.13. The molecule has 0 aromatic carbocycles. The predicted molar refractivity (Wildman–Crippen MR) is 136 cm³/mol. The third-order valence-corrected chi connectivity index (χ3v) is 7.32. The van der Waals surface area contributed by atoms with E-state index in [1.807, 2.05) is 38.3 Å². The van der Waals surface area contributed by atoms with E-state index in [4.69, 9.17) is 4.74 Å². The molecule has 0 saturated heterocycles. The van der Waals surface area contributed by atoms with Crippen LogP contribution in [0.3, 0.4) is 0 Å². The van der Waals surface area contributed by atoms with Gasteiger partial charge in [-0.25, -0.2) is 4.98 Å². The van der Waals surface area contributed by atoms with Crippen LogP contribution in [-0.4, -0.2) is 39.2 Å². The molecule has 0 spiro atoms. The Labute approximate surface area is 207 Å². The first kappa shape index (κ1) is 28.1. The number of cyclic esters (lactones) is 1. The number of hydrogen-bond acceptors (Lipinski definition) is 7. The number of carbonyl (C=O) groups excluding carboxylic acids is 2. The number of thiazole rings is 1. The van der Waals surface area contributed by atoms with E-state index in [2.05, 4.69) is 24.1 Å². The Morgan fingerprint density at radius 2 is 2.00 bits per heavy atom. The van der Waals surface area contributed by atoms with Crippen molar-refractivity contribution in [1.82, 2.24) is 4.98 Å². The Bertz CT molecular complexity index is 943. The summed E-state index contributed by atoms with van der Waals surface area (Å²) in [6, 6.07) is 0. The molecule has 7 heteroatoms. The zero-order valence-electron chi connectivity index (χ0n) is 21.2. The number of rotatable bonds is 3. The minimum Gasteiger partial charge on any atom is -0.457 e. The van der Waals surface area contributed by atoms with Crippen molar-refractivity contribution in [1.29, 1.82) is 0 Å². The van der Waals surface area contributed by atoms with Crippen molar-refractivity contribution in [2.45, 2.75) is 86.0 Å². The summed E-state index contributed by atoms with van der Waals surface area (Å²) < 4.78 is 5.79. The Hall–Kier alpha value is -2.09. The lowest BCUT2D eigenvalue weighted by molar-refractivity contribution is -0.153. The van der Waals surface area contributed by atoms with Crippen LogP contribution >= 0.6 is 11.3 Å². The molecule has 2 N–H and O–H groups in total. The van der Waals surface area contributed by atoms with Crippen molar-refractivity contribution in [3.05, 3.63) is 45.5 Å². The fraction of sp³-hybridized carbons (Fsp3) is 0.593. The van der Waals surface area contributed by atoms with Gasteiger partial charge in [0.05, 0.1) is 30.2 Å². The van der Waals surface area contributed by atoms with E-state index in [1.54, 1.807) is 13.8 Å². The van der Waals surface area contributed by atoms with E-state index in [1.165, 1.54) is 11.3 Å². The van der Waals surface area contributed by atoms with Crippen molar-refractivity contribution in [2.75, 3.05) is 0 Å². The highest BCUT2D eigenvalue weighted by molar-refractivity contribution is 7.09. The van der Waals surface area contributed by atoms with Crippen LogP contribution in [0.5, 0.6) is 0 Å². The van der Waals surface area contributed by atoms with Crippen LogP contribution in [0.1, 0.15) is 77.9 Å². The van der Waals surface area contributed by atoms with E-state index in [0.29, 0.717) is 23.0 Å². The molecule has 1 aliphatic rings. The molecule has 0 amide bonds. The van der Waals surface area contributed by atoms with Gasteiger partial charge in [-0.1, -0.05) is 51.5 Å². The van der Waals surface area contributed by atoms with Gasteiger partial charge in [-0.3, -0.25) is 9.59 Å². The topological polar surface area (TPSA) is 96.7 Å². The van der Waals surface area contributed by atoms with E-state index < -0.39 is 23.6 Å². The fourth-order valence-electron chi connectivity index (χ4n) is 4.19. The molecule has 0 unspecified atom stereocenters. The molecule has 2 heterocycles. The molecule has 0 fully saturated rings. The van der Waals surface area contributed by atoms with Crippen molar-refractivity contribution in [3.63, 3.8) is 0 Å². The van der Waals surface area contributed by atoms with Gasteiger partial charge in [0.25, 0.3) is 0 Å². The van der Waals surface area contributed by atoms with Crippen LogP contribution in [0.15, 0.2) is 34.8 Å². The van der Waals surface area contributed by atoms with E-state index in [0.717, 1.165) is 24.0 Å². The van der Waals surface area contributed by atoms with Crippen LogP contribution in [0.25, 0.3) is 6.08 Å². The Kier molecular flexibility index (Phi) is 10.4. The number of aliphatic hydroxyl groups is 2. The number of aromatic nitrogens is 1. The van der Waals surface area contributed by atoms with E-state index >= 15 is 0 Å². The van der Waals surface area contributed by atoms with Gasteiger partial charge in [0.15, 0.2) is 0 Å². The van der Waals surface area contributed by atoms with Crippen molar-refractivity contribution in [2.24, 2.45) is 17.3 Å². The first-order valence-corrected chi connectivity index (χ1v) is 12.8. The number of aliphatic hydroxyl groups excluding tert-OH is 2. The lowest BCUT2D eigenvalue weighted by Crippen LogP contribution is -2.42. The average molecular weight is 490 g/mol. The number of Topliss-reactive ketones (excluding diaryl/α,β-unsaturated/α-hetero) is 1. The quantitative estimate of drug-likeness (QED) is 0.563. The Morgan fingerprint density at radius 1 is 1.29 bits per heavy atom. The second kappa shape index (κ2) is 12.6. The Balaban J connectivity index is 2.34. The Morgan fingerprint density at radius 3 is 2.65 bits per heavy atom.